The third-order valence-corrected chi connectivity index (χ3v) is 10.8. The van der Waals surface area contributed by atoms with Crippen LogP contribution in [0.15, 0.2) is 61.4 Å². The van der Waals surface area contributed by atoms with Crippen molar-refractivity contribution in [2.24, 2.45) is 11.8 Å². The van der Waals surface area contributed by atoms with Gasteiger partial charge in [0.05, 0.1) is 37.1 Å². The van der Waals surface area contributed by atoms with Gasteiger partial charge >= 0.3 is 6.09 Å². The summed E-state index contributed by atoms with van der Waals surface area (Å²) in [5, 5.41) is 9.20. The van der Waals surface area contributed by atoms with Gasteiger partial charge in [-0.15, -0.1) is 0 Å². The topological polar surface area (TPSA) is 169 Å². The number of carbonyl (C=O) groups is 3. The number of fused-ring (bicyclic) bond motifs is 2. The van der Waals surface area contributed by atoms with E-state index in [2.05, 4.69) is 34.1 Å². The van der Waals surface area contributed by atoms with Gasteiger partial charge in [-0.1, -0.05) is 47.8 Å². The fraction of sp³-hybridized carbons (Fsp3) is 0.488. The summed E-state index contributed by atoms with van der Waals surface area (Å²) < 4.78 is 28.1. The zero-order valence-electron chi connectivity index (χ0n) is 34.6. The van der Waals surface area contributed by atoms with Crippen LogP contribution in [0.4, 0.5) is 4.79 Å². The lowest BCUT2D eigenvalue weighted by Crippen LogP contribution is -2.58. The fourth-order valence-corrected chi connectivity index (χ4v) is 7.35. The molecule has 3 aromatic rings. The minimum Gasteiger partial charge on any atom is -0.453 e. The normalized spacial score (nSPS) is 17.7. The lowest BCUT2D eigenvalue weighted by Gasteiger charge is -2.38. The molecule has 4 N–H and O–H groups in total. The molecule has 0 unspecified atom stereocenters. The third kappa shape index (κ3) is 9.32. The summed E-state index contributed by atoms with van der Waals surface area (Å²) in [4.78, 5) is 51.3. The molecule has 3 amide bonds. The number of methoxy groups -OCH3 is 1. The van der Waals surface area contributed by atoms with Crippen molar-refractivity contribution in [2.45, 2.75) is 97.8 Å². The molecular weight excluding hydrogens is 743 g/mol. The Bertz CT molecular complexity index is 1990. The standard InChI is InChI=1S/C43H57N7O8/c1-10-18-49(40(51)38(25(4)5)48-43-55-23-56-43)28(8)26(6)45-27(7)29-14-16-33-35(20-29)57-34-17-15-30(21-36(34)58-33)31-22-44-39(46-31)32-13-11-12-19-50(32)41(52)37(24(2)3)47-42(53)54-9/h14-17,20-22,24-25,28,32,37-38,43,45,48H,6-7,10-13,18-19,23H2,1-5,8-9H3,(H,44,46)(H,47,53)/t28-,32-,37-,38-/m0/s1. The van der Waals surface area contributed by atoms with Crippen molar-refractivity contribution >= 4 is 23.6 Å². The Morgan fingerprint density at radius 2 is 1.66 bits per heavy atom. The van der Waals surface area contributed by atoms with Crippen LogP contribution in [0.1, 0.15) is 84.7 Å². The molecule has 0 radical (unpaired) electrons. The first-order valence-corrected chi connectivity index (χ1v) is 20.1. The van der Waals surface area contributed by atoms with E-state index in [1.165, 1.54) is 7.11 Å². The molecule has 4 atom stereocenters. The van der Waals surface area contributed by atoms with E-state index < -0.39 is 24.6 Å². The average molecular weight is 800 g/mol. The van der Waals surface area contributed by atoms with Crippen molar-refractivity contribution < 1.29 is 38.1 Å². The highest BCUT2D eigenvalue weighted by molar-refractivity contribution is 5.86. The Morgan fingerprint density at radius 3 is 2.29 bits per heavy atom. The largest absolute Gasteiger partial charge is 0.453 e. The maximum absolute atomic E-state index is 13.8. The van der Waals surface area contributed by atoms with E-state index in [0.717, 1.165) is 42.5 Å². The van der Waals surface area contributed by atoms with E-state index >= 15 is 0 Å². The molecule has 4 heterocycles. The zero-order chi connectivity index (χ0) is 41.7. The summed E-state index contributed by atoms with van der Waals surface area (Å²) in [5.74, 6) is 2.51. The van der Waals surface area contributed by atoms with Crippen molar-refractivity contribution in [2.75, 3.05) is 27.0 Å². The highest BCUT2D eigenvalue weighted by Crippen LogP contribution is 2.47. The molecule has 3 aliphatic rings. The molecule has 0 bridgehead atoms. The van der Waals surface area contributed by atoms with Crippen molar-refractivity contribution in [1.29, 1.82) is 0 Å². The molecule has 3 aliphatic heterocycles. The lowest BCUT2D eigenvalue weighted by atomic mass is 9.97. The number of imidazole rings is 1. The van der Waals surface area contributed by atoms with Gasteiger partial charge in [-0.25, -0.2) is 9.78 Å². The lowest BCUT2D eigenvalue weighted by molar-refractivity contribution is -0.335. The second-order valence-electron chi connectivity index (χ2n) is 15.6. The second kappa shape index (κ2) is 18.5. The summed E-state index contributed by atoms with van der Waals surface area (Å²) in [6.07, 6.45) is 3.87. The van der Waals surface area contributed by atoms with E-state index in [-0.39, 0.29) is 42.5 Å². The number of hydrogen-bond acceptors (Lipinski definition) is 11. The van der Waals surface area contributed by atoms with Gasteiger partial charge in [0.25, 0.3) is 0 Å². The number of H-pyrrole nitrogens is 1. The number of nitrogens with zero attached hydrogens (tertiary/aromatic N) is 3. The van der Waals surface area contributed by atoms with Gasteiger partial charge in [-0.3, -0.25) is 14.9 Å². The monoisotopic (exact) mass is 799 g/mol. The minimum atomic E-state index is -0.718. The predicted molar refractivity (Wildman–Crippen MR) is 218 cm³/mol. The minimum absolute atomic E-state index is 0.00921. The first kappa shape index (κ1) is 42.2. The third-order valence-electron chi connectivity index (χ3n) is 10.8. The van der Waals surface area contributed by atoms with Crippen LogP contribution in [0, 0.1) is 11.8 Å². The van der Waals surface area contributed by atoms with Crippen LogP contribution in [0.5, 0.6) is 23.0 Å². The second-order valence-corrected chi connectivity index (χ2v) is 15.6. The average Bonchev–Trinajstić information content (AvgIpc) is 3.69. The zero-order valence-corrected chi connectivity index (χ0v) is 34.6. The van der Waals surface area contributed by atoms with Gasteiger partial charge in [-0.05, 0) is 80.8 Å². The Morgan fingerprint density at radius 1 is 0.966 bits per heavy atom. The van der Waals surface area contributed by atoms with Crippen molar-refractivity contribution in [3.05, 3.63) is 72.8 Å². The van der Waals surface area contributed by atoms with Crippen LogP contribution in [-0.2, 0) is 23.8 Å². The Hall–Kier alpha value is -5.38. The molecule has 312 valence electrons. The number of piperidine rings is 1. The fourth-order valence-electron chi connectivity index (χ4n) is 7.35. The number of amides is 3. The molecule has 15 nitrogen and oxygen atoms in total. The molecule has 2 saturated heterocycles. The summed E-state index contributed by atoms with van der Waals surface area (Å²) in [7, 11) is 1.29. The number of aromatic amines is 1. The Labute approximate surface area is 340 Å². The van der Waals surface area contributed by atoms with Gasteiger partial charge in [0.2, 0.25) is 18.2 Å². The van der Waals surface area contributed by atoms with Gasteiger partial charge in [0, 0.05) is 35.6 Å². The molecule has 6 rings (SSSR count). The SMILES string of the molecule is C=C(NC(=C)[C@H](C)N(CCC)C(=O)[C@@H](NC1OCO1)C(C)C)c1ccc2c(c1)Oc1ccc(-c3cnc([C@@H]4CCCCN4C(=O)[C@@H](NC(=O)OC)C(C)C)[nH]3)cc1O2. The number of ether oxygens (including phenoxy) is 5. The van der Waals surface area contributed by atoms with Crippen molar-refractivity contribution in [3.8, 4) is 34.3 Å². The molecule has 15 heteroatoms. The highest BCUT2D eigenvalue weighted by atomic mass is 16.9. The van der Waals surface area contributed by atoms with Crippen LogP contribution < -0.4 is 25.4 Å². The molecule has 2 aromatic carbocycles. The molecule has 0 aliphatic carbocycles. The highest BCUT2D eigenvalue weighted by Gasteiger charge is 2.37. The maximum atomic E-state index is 13.8. The summed E-state index contributed by atoms with van der Waals surface area (Å²) in [6, 6.07) is 9.43. The number of hydrogen-bond donors (Lipinski definition) is 4. The molecular formula is C43H57N7O8. The van der Waals surface area contributed by atoms with Crippen molar-refractivity contribution in [3.63, 3.8) is 0 Å². The predicted octanol–water partition coefficient (Wildman–Crippen LogP) is 7.01. The van der Waals surface area contributed by atoms with Gasteiger partial charge in [0.15, 0.2) is 29.8 Å². The molecule has 0 saturated carbocycles. The van der Waals surface area contributed by atoms with Crippen LogP contribution in [0.25, 0.3) is 17.0 Å². The molecule has 1 aromatic heterocycles. The van der Waals surface area contributed by atoms with E-state index in [1.54, 1.807) is 6.20 Å². The van der Waals surface area contributed by atoms with E-state index in [0.29, 0.717) is 53.3 Å². The van der Waals surface area contributed by atoms with Gasteiger partial charge < -0.3 is 49.1 Å². The maximum Gasteiger partial charge on any atom is 0.407 e. The van der Waals surface area contributed by atoms with Crippen LogP contribution >= 0.6 is 0 Å². The summed E-state index contributed by atoms with van der Waals surface area (Å²) in [5.41, 5.74) is 3.59. The van der Waals surface area contributed by atoms with Crippen LogP contribution in [0.3, 0.4) is 0 Å². The van der Waals surface area contributed by atoms with E-state index in [4.69, 9.17) is 28.7 Å². The number of rotatable bonds is 16. The Balaban J connectivity index is 1.11. The number of aromatic nitrogens is 2. The summed E-state index contributed by atoms with van der Waals surface area (Å²) >= 11 is 0. The van der Waals surface area contributed by atoms with Gasteiger partial charge in [0.1, 0.15) is 11.9 Å². The first-order chi connectivity index (χ1) is 27.8. The van der Waals surface area contributed by atoms with Crippen LogP contribution in [-0.4, -0.2) is 89.2 Å². The Kier molecular flexibility index (Phi) is 13.5. The van der Waals surface area contributed by atoms with E-state index in [1.807, 2.05) is 87.7 Å². The quantitative estimate of drug-likeness (QED) is 0.0920. The number of carbonyl (C=O) groups excluding carboxylic acids is 3. The molecule has 2 fully saturated rings. The van der Waals surface area contributed by atoms with E-state index in [9.17, 15) is 14.4 Å². The number of alkyl carbamates (subject to hydrolysis) is 1. The number of likely N-dealkylation sites (tertiary alicyclic amines) is 1. The smallest absolute Gasteiger partial charge is 0.407 e. The molecule has 58 heavy (non-hydrogen) atoms. The number of nitrogens with one attached hydrogen (secondary N) is 4. The number of benzene rings is 2. The summed E-state index contributed by atoms with van der Waals surface area (Å²) in [6.45, 7) is 21.6. The van der Waals surface area contributed by atoms with Crippen molar-refractivity contribution in [1.82, 2.24) is 35.7 Å². The first-order valence-electron chi connectivity index (χ1n) is 20.1. The van der Waals surface area contributed by atoms with Gasteiger partial charge in [-0.2, -0.15) is 0 Å². The van der Waals surface area contributed by atoms with Crippen LogP contribution in [0.2, 0.25) is 0 Å². The molecule has 0 spiro atoms.